The van der Waals surface area contributed by atoms with Gasteiger partial charge >= 0.3 is 0 Å². The summed E-state index contributed by atoms with van der Waals surface area (Å²) in [6, 6.07) is 4.15. The number of ketones is 1. The van der Waals surface area contributed by atoms with E-state index in [-0.39, 0.29) is 35.4 Å². The second kappa shape index (κ2) is 8.63. The third kappa shape index (κ3) is 4.28. The summed E-state index contributed by atoms with van der Waals surface area (Å²) in [6.45, 7) is 7.43. The molecule has 160 valence electrons. The molecule has 9 heteroatoms. The monoisotopic (exact) mass is 431 g/mol. The fourth-order valence-electron chi connectivity index (χ4n) is 4.19. The highest BCUT2D eigenvalue weighted by atomic mass is 35.5. The van der Waals surface area contributed by atoms with Crippen LogP contribution in [-0.4, -0.2) is 84.1 Å². The average molecular weight is 432 g/mol. The molecular formula is C21H26ClN5O3. The molecule has 1 amide bonds. The Morgan fingerprint density at radius 2 is 2.10 bits per heavy atom. The standard InChI is InChI=1S/C21H26ClN5O3/c1-14-12-25(15(2)28)7-8-27(14)16-3-5-24-20(9-16)30-17-4-6-26(13-17)18-10-23-11-19(29)21(18)22/h3,5,9-10,14,17H,4,6-8,11-13H2,1-2H3/t14-,17-/m1/s1. The van der Waals surface area contributed by atoms with Crippen molar-refractivity contribution in [2.75, 3.05) is 44.2 Å². The van der Waals surface area contributed by atoms with E-state index in [1.165, 1.54) is 0 Å². The van der Waals surface area contributed by atoms with Crippen LogP contribution in [-0.2, 0) is 9.59 Å². The number of amides is 1. The average Bonchev–Trinajstić information content (AvgIpc) is 3.18. The van der Waals surface area contributed by atoms with E-state index in [1.54, 1.807) is 19.3 Å². The minimum absolute atomic E-state index is 0.0397. The number of carbonyl (C=O) groups is 2. The van der Waals surface area contributed by atoms with Crippen LogP contribution in [0.15, 0.2) is 34.1 Å². The number of allylic oxidation sites excluding steroid dienone is 1. The lowest BCUT2D eigenvalue weighted by molar-refractivity contribution is -0.129. The van der Waals surface area contributed by atoms with Crippen molar-refractivity contribution in [1.82, 2.24) is 14.8 Å². The van der Waals surface area contributed by atoms with Gasteiger partial charge in [0.1, 0.15) is 17.7 Å². The lowest BCUT2D eigenvalue weighted by Crippen LogP contribution is -2.53. The molecule has 1 aromatic heterocycles. The van der Waals surface area contributed by atoms with Crippen molar-refractivity contribution in [1.29, 1.82) is 0 Å². The van der Waals surface area contributed by atoms with Crippen molar-refractivity contribution in [3.05, 3.63) is 29.1 Å². The maximum absolute atomic E-state index is 11.8. The summed E-state index contributed by atoms with van der Waals surface area (Å²) in [5.74, 6) is 0.548. The number of Topliss-reactive ketones (excluding diaryl/α,β-unsaturated/α-hetero) is 1. The minimum Gasteiger partial charge on any atom is -0.472 e. The number of dihydropyridines is 1. The van der Waals surface area contributed by atoms with Gasteiger partial charge in [-0.2, -0.15) is 0 Å². The highest BCUT2D eigenvalue weighted by molar-refractivity contribution is 6.44. The quantitative estimate of drug-likeness (QED) is 0.722. The number of aliphatic imine (C=N–C) groups is 1. The van der Waals surface area contributed by atoms with Crippen molar-refractivity contribution in [3.8, 4) is 5.88 Å². The second-order valence-corrected chi connectivity index (χ2v) is 8.30. The first-order chi connectivity index (χ1) is 14.4. The number of piperazine rings is 1. The van der Waals surface area contributed by atoms with Gasteiger partial charge in [0.15, 0.2) is 5.78 Å². The second-order valence-electron chi connectivity index (χ2n) is 7.93. The smallest absolute Gasteiger partial charge is 0.219 e. The molecule has 0 saturated carbocycles. The van der Waals surface area contributed by atoms with E-state index >= 15 is 0 Å². The van der Waals surface area contributed by atoms with Crippen LogP contribution >= 0.6 is 11.6 Å². The van der Waals surface area contributed by atoms with Crippen LogP contribution in [0.4, 0.5) is 5.69 Å². The zero-order valence-electron chi connectivity index (χ0n) is 17.3. The molecule has 2 fully saturated rings. The summed E-state index contributed by atoms with van der Waals surface area (Å²) >= 11 is 6.19. The van der Waals surface area contributed by atoms with Crippen molar-refractivity contribution < 1.29 is 14.3 Å². The first-order valence-electron chi connectivity index (χ1n) is 10.2. The summed E-state index contributed by atoms with van der Waals surface area (Å²) in [5.41, 5.74) is 1.72. The molecule has 2 saturated heterocycles. The topological polar surface area (TPSA) is 78.3 Å². The van der Waals surface area contributed by atoms with Crippen LogP contribution in [0.25, 0.3) is 0 Å². The van der Waals surface area contributed by atoms with E-state index in [0.717, 1.165) is 25.2 Å². The van der Waals surface area contributed by atoms with Gasteiger partial charge in [-0.1, -0.05) is 11.6 Å². The molecule has 3 aliphatic heterocycles. The predicted molar refractivity (Wildman–Crippen MR) is 115 cm³/mol. The zero-order valence-corrected chi connectivity index (χ0v) is 18.0. The number of nitrogens with zero attached hydrogens (tertiary/aromatic N) is 5. The Hall–Kier alpha value is -2.61. The largest absolute Gasteiger partial charge is 0.472 e. The molecule has 0 unspecified atom stereocenters. The number of anilines is 1. The Balaban J connectivity index is 1.40. The number of aromatic nitrogens is 1. The molecule has 4 rings (SSSR count). The lowest BCUT2D eigenvalue weighted by Gasteiger charge is -2.41. The van der Waals surface area contributed by atoms with Gasteiger partial charge in [0.05, 0.1) is 12.2 Å². The van der Waals surface area contributed by atoms with Crippen molar-refractivity contribution in [2.24, 2.45) is 4.99 Å². The highest BCUT2D eigenvalue weighted by Crippen LogP contribution is 2.27. The Labute approximate surface area is 181 Å². The van der Waals surface area contributed by atoms with Gasteiger partial charge in [-0.05, 0) is 13.0 Å². The summed E-state index contributed by atoms with van der Waals surface area (Å²) < 4.78 is 6.15. The normalized spacial score (nSPS) is 24.6. The van der Waals surface area contributed by atoms with E-state index in [2.05, 4.69) is 21.8 Å². The number of ether oxygens (including phenoxy) is 1. The molecule has 0 spiro atoms. The Morgan fingerprint density at radius 1 is 1.27 bits per heavy atom. The molecular weight excluding hydrogens is 406 g/mol. The van der Waals surface area contributed by atoms with Crippen LogP contribution in [0, 0.1) is 0 Å². The maximum Gasteiger partial charge on any atom is 0.219 e. The van der Waals surface area contributed by atoms with Gasteiger partial charge in [-0.25, -0.2) is 4.98 Å². The minimum atomic E-state index is -0.146. The number of hydrogen-bond acceptors (Lipinski definition) is 7. The van der Waals surface area contributed by atoms with E-state index < -0.39 is 0 Å². The fraction of sp³-hybridized carbons (Fsp3) is 0.524. The Kier molecular flexibility index (Phi) is 5.94. The summed E-state index contributed by atoms with van der Waals surface area (Å²) in [5, 5.41) is 0.254. The summed E-state index contributed by atoms with van der Waals surface area (Å²) in [6.07, 6.45) is 4.21. The Bertz CT molecular complexity index is 902. The molecule has 1 aromatic rings. The molecule has 30 heavy (non-hydrogen) atoms. The number of carbonyl (C=O) groups excluding carboxylic acids is 2. The van der Waals surface area contributed by atoms with Gasteiger partial charge in [0.25, 0.3) is 0 Å². The molecule has 0 aliphatic carbocycles. The van der Waals surface area contributed by atoms with Gasteiger partial charge < -0.3 is 19.4 Å². The van der Waals surface area contributed by atoms with Crippen LogP contribution in [0.3, 0.4) is 0 Å². The van der Waals surface area contributed by atoms with E-state index in [4.69, 9.17) is 16.3 Å². The first kappa shape index (κ1) is 20.7. The molecule has 8 nitrogen and oxygen atoms in total. The predicted octanol–water partition coefficient (Wildman–Crippen LogP) is 1.70. The summed E-state index contributed by atoms with van der Waals surface area (Å²) in [4.78, 5) is 38.1. The van der Waals surface area contributed by atoms with Crippen molar-refractivity contribution >= 4 is 35.2 Å². The van der Waals surface area contributed by atoms with Gasteiger partial charge in [-0.3, -0.25) is 14.6 Å². The summed E-state index contributed by atoms with van der Waals surface area (Å²) in [7, 11) is 0. The SMILES string of the molecule is CC(=O)N1CCN(c2ccnc(O[C@@H]3CCN(C4=C(Cl)C(=O)CN=C4)C3)c2)[C@H](C)C1. The van der Waals surface area contributed by atoms with Gasteiger partial charge in [0.2, 0.25) is 11.8 Å². The van der Waals surface area contributed by atoms with Crippen LogP contribution in [0.5, 0.6) is 5.88 Å². The number of hydrogen-bond donors (Lipinski definition) is 0. The molecule has 3 aliphatic rings. The van der Waals surface area contributed by atoms with Crippen LogP contribution < -0.4 is 9.64 Å². The lowest BCUT2D eigenvalue weighted by atomic mass is 10.1. The number of pyridine rings is 1. The van der Waals surface area contributed by atoms with Gasteiger partial charge in [-0.15, -0.1) is 0 Å². The van der Waals surface area contributed by atoms with Crippen molar-refractivity contribution in [3.63, 3.8) is 0 Å². The van der Waals surface area contributed by atoms with Crippen LogP contribution in [0.2, 0.25) is 0 Å². The van der Waals surface area contributed by atoms with E-state index in [0.29, 0.717) is 31.2 Å². The molecule has 2 atom stereocenters. The Morgan fingerprint density at radius 3 is 2.87 bits per heavy atom. The molecule has 0 bridgehead atoms. The van der Waals surface area contributed by atoms with Gasteiger partial charge in [0, 0.05) is 69.7 Å². The highest BCUT2D eigenvalue weighted by Gasteiger charge is 2.30. The maximum atomic E-state index is 11.8. The van der Waals surface area contributed by atoms with Crippen molar-refractivity contribution in [2.45, 2.75) is 32.4 Å². The third-order valence-electron chi connectivity index (χ3n) is 5.81. The first-order valence-corrected chi connectivity index (χ1v) is 10.6. The third-order valence-corrected chi connectivity index (χ3v) is 6.22. The zero-order chi connectivity index (χ0) is 21.3. The number of halogens is 1. The molecule has 4 heterocycles. The van der Waals surface area contributed by atoms with E-state index in [9.17, 15) is 9.59 Å². The molecule has 0 radical (unpaired) electrons. The number of likely N-dealkylation sites (tertiary alicyclic amines) is 1. The molecule has 0 aromatic carbocycles. The fourth-order valence-corrected chi connectivity index (χ4v) is 4.42. The number of rotatable bonds is 4. The molecule has 0 N–H and O–H groups in total. The van der Waals surface area contributed by atoms with E-state index in [1.807, 2.05) is 21.9 Å². The van der Waals surface area contributed by atoms with Crippen LogP contribution in [0.1, 0.15) is 20.3 Å².